The topological polar surface area (TPSA) is 33.1 Å². The second-order valence-corrected chi connectivity index (χ2v) is 5.25. The summed E-state index contributed by atoms with van der Waals surface area (Å²) < 4.78 is 0. The standard InChI is InChI=1S/C13H17NO/c15-13-6-3-12(4-7-13,5-8-13)11-2-1-9-14-10-11/h1-2,9-10,15H,3-8H2. The summed E-state index contributed by atoms with van der Waals surface area (Å²) in [6, 6.07) is 4.22. The Morgan fingerprint density at radius 1 is 1.07 bits per heavy atom. The number of pyridine rings is 1. The first-order chi connectivity index (χ1) is 7.23. The van der Waals surface area contributed by atoms with Crippen LogP contribution in [0.25, 0.3) is 0 Å². The highest BCUT2D eigenvalue weighted by molar-refractivity contribution is 5.25. The fourth-order valence-corrected chi connectivity index (χ4v) is 3.28. The van der Waals surface area contributed by atoms with Gasteiger partial charge in [0.15, 0.2) is 0 Å². The van der Waals surface area contributed by atoms with Crippen molar-refractivity contribution >= 4 is 0 Å². The number of fused-ring (bicyclic) bond motifs is 3. The minimum absolute atomic E-state index is 0.329. The van der Waals surface area contributed by atoms with Crippen molar-refractivity contribution in [3.8, 4) is 0 Å². The van der Waals surface area contributed by atoms with E-state index < -0.39 is 0 Å². The number of hydrogen-bond acceptors (Lipinski definition) is 2. The highest BCUT2D eigenvalue weighted by Gasteiger charge is 2.48. The van der Waals surface area contributed by atoms with E-state index in [1.165, 1.54) is 5.56 Å². The molecule has 0 radical (unpaired) electrons. The van der Waals surface area contributed by atoms with Gasteiger partial charge in [0.05, 0.1) is 5.60 Å². The number of hydrogen-bond donors (Lipinski definition) is 1. The first kappa shape index (κ1) is 9.34. The normalized spacial score (nSPS) is 39.3. The van der Waals surface area contributed by atoms with E-state index in [2.05, 4.69) is 11.1 Å². The Labute approximate surface area is 90.4 Å². The zero-order valence-electron chi connectivity index (χ0n) is 8.95. The maximum absolute atomic E-state index is 10.2. The average molecular weight is 203 g/mol. The van der Waals surface area contributed by atoms with Gasteiger partial charge in [0.2, 0.25) is 0 Å². The fraction of sp³-hybridized carbons (Fsp3) is 0.615. The zero-order valence-corrected chi connectivity index (χ0v) is 8.95. The largest absolute Gasteiger partial charge is 0.390 e. The molecule has 1 aromatic heterocycles. The molecule has 2 bridgehead atoms. The minimum atomic E-state index is -0.329. The SMILES string of the molecule is OC12CCC(c3cccnc3)(CC1)CC2. The molecule has 0 aromatic carbocycles. The van der Waals surface area contributed by atoms with Gasteiger partial charge in [-0.25, -0.2) is 0 Å². The molecule has 3 aliphatic carbocycles. The van der Waals surface area contributed by atoms with Crippen molar-refractivity contribution in [2.45, 2.75) is 49.5 Å². The summed E-state index contributed by atoms with van der Waals surface area (Å²) in [7, 11) is 0. The van der Waals surface area contributed by atoms with Crippen LogP contribution in [0.2, 0.25) is 0 Å². The fourth-order valence-electron chi connectivity index (χ4n) is 3.28. The highest BCUT2D eigenvalue weighted by atomic mass is 16.3. The van der Waals surface area contributed by atoms with Gasteiger partial charge >= 0.3 is 0 Å². The summed E-state index contributed by atoms with van der Waals surface area (Å²) in [5, 5.41) is 10.2. The molecule has 15 heavy (non-hydrogen) atoms. The van der Waals surface area contributed by atoms with Gasteiger partial charge in [-0.15, -0.1) is 0 Å². The summed E-state index contributed by atoms with van der Waals surface area (Å²) in [4.78, 5) is 4.22. The van der Waals surface area contributed by atoms with E-state index in [0.717, 1.165) is 38.5 Å². The molecule has 0 amide bonds. The van der Waals surface area contributed by atoms with Gasteiger partial charge in [0, 0.05) is 12.4 Å². The summed E-state index contributed by atoms with van der Waals surface area (Å²) in [6.45, 7) is 0. The molecule has 0 unspecified atom stereocenters. The quantitative estimate of drug-likeness (QED) is 0.760. The molecule has 3 aliphatic rings. The summed E-state index contributed by atoms with van der Waals surface area (Å²) in [5.74, 6) is 0. The van der Waals surface area contributed by atoms with Crippen LogP contribution in [-0.4, -0.2) is 15.7 Å². The van der Waals surface area contributed by atoms with Crippen LogP contribution in [-0.2, 0) is 5.41 Å². The van der Waals surface area contributed by atoms with Crippen molar-refractivity contribution in [1.82, 2.24) is 4.98 Å². The van der Waals surface area contributed by atoms with Crippen molar-refractivity contribution in [1.29, 1.82) is 0 Å². The molecule has 1 aromatic rings. The van der Waals surface area contributed by atoms with Crippen molar-refractivity contribution < 1.29 is 5.11 Å². The second-order valence-electron chi connectivity index (χ2n) is 5.25. The summed E-state index contributed by atoms with van der Waals surface area (Å²) in [5.41, 5.74) is 1.38. The Balaban J connectivity index is 1.94. The van der Waals surface area contributed by atoms with Crippen LogP contribution in [0.4, 0.5) is 0 Å². The van der Waals surface area contributed by atoms with Crippen molar-refractivity contribution in [3.63, 3.8) is 0 Å². The van der Waals surface area contributed by atoms with Crippen LogP contribution in [0.3, 0.4) is 0 Å². The zero-order chi connectivity index (χ0) is 10.4. The van der Waals surface area contributed by atoms with E-state index in [1.54, 1.807) is 0 Å². The van der Waals surface area contributed by atoms with Gasteiger partial charge < -0.3 is 5.11 Å². The molecule has 0 atom stereocenters. The van der Waals surface area contributed by atoms with E-state index in [4.69, 9.17) is 0 Å². The van der Waals surface area contributed by atoms with Crippen molar-refractivity contribution in [2.24, 2.45) is 0 Å². The molecule has 1 N–H and O–H groups in total. The van der Waals surface area contributed by atoms with E-state index in [9.17, 15) is 5.11 Å². The summed E-state index contributed by atoms with van der Waals surface area (Å²) in [6.07, 6.45) is 10.2. The van der Waals surface area contributed by atoms with Crippen molar-refractivity contribution in [2.75, 3.05) is 0 Å². The molecular formula is C13H17NO. The number of aliphatic hydroxyl groups is 1. The third-order valence-electron chi connectivity index (χ3n) is 4.48. The average Bonchev–Trinajstić information content (AvgIpc) is 2.32. The predicted octanol–water partition coefficient (Wildman–Crippen LogP) is 2.42. The highest BCUT2D eigenvalue weighted by Crippen LogP contribution is 2.53. The van der Waals surface area contributed by atoms with Gasteiger partial charge in [0.1, 0.15) is 0 Å². The minimum Gasteiger partial charge on any atom is -0.390 e. The molecule has 1 heterocycles. The lowest BCUT2D eigenvalue weighted by atomic mass is 9.56. The van der Waals surface area contributed by atoms with Gasteiger partial charge in [0.25, 0.3) is 0 Å². The van der Waals surface area contributed by atoms with Gasteiger partial charge in [-0.2, -0.15) is 0 Å². The molecule has 80 valence electrons. The third kappa shape index (κ3) is 1.39. The van der Waals surface area contributed by atoms with Crippen molar-refractivity contribution in [3.05, 3.63) is 30.1 Å². The number of nitrogens with zero attached hydrogens (tertiary/aromatic N) is 1. The second kappa shape index (κ2) is 3.05. The van der Waals surface area contributed by atoms with E-state index in [0.29, 0.717) is 5.41 Å². The van der Waals surface area contributed by atoms with Crippen LogP contribution in [0.15, 0.2) is 24.5 Å². The Bertz CT molecular complexity index is 336. The van der Waals surface area contributed by atoms with Gasteiger partial charge in [-0.05, 0) is 55.6 Å². The van der Waals surface area contributed by atoms with Gasteiger partial charge in [-0.1, -0.05) is 6.07 Å². The predicted molar refractivity (Wildman–Crippen MR) is 58.6 cm³/mol. The van der Waals surface area contributed by atoms with Crippen LogP contribution >= 0.6 is 0 Å². The lowest BCUT2D eigenvalue weighted by Gasteiger charge is -2.51. The lowest BCUT2D eigenvalue weighted by molar-refractivity contribution is -0.0661. The molecule has 3 fully saturated rings. The third-order valence-corrected chi connectivity index (χ3v) is 4.48. The number of aromatic nitrogens is 1. The number of rotatable bonds is 1. The molecule has 2 nitrogen and oxygen atoms in total. The van der Waals surface area contributed by atoms with E-state index in [1.807, 2.05) is 18.5 Å². The van der Waals surface area contributed by atoms with Gasteiger partial charge in [-0.3, -0.25) is 4.98 Å². The Morgan fingerprint density at radius 2 is 1.73 bits per heavy atom. The Kier molecular flexibility index (Phi) is 1.90. The molecular weight excluding hydrogens is 186 g/mol. The lowest BCUT2D eigenvalue weighted by Crippen LogP contribution is -2.48. The van der Waals surface area contributed by atoms with E-state index in [-0.39, 0.29) is 5.60 Å². The molecule has 4 rings (SSSR count). The maximum Gasteiger partial charge on any atom is 0.0648 e. The molecule has 0 saturated heterocycles. The van der Waals surface area contributed by atoms with Crippen LogP contribution in [0, 0.1) is 0 Å². The maximum atomic E-state index is 10.2. The first-order valence-electron chi connectivity index (χ1n) is 5.86. The van der Waals surface area contributed by atoms with Crippen LogP contribution < -0.4 is 0 Å². The molecule has 0 aliphatic heterocycles. The van der Waals surface area contributed by atoms with Crippen LogP contribution in [0.5, 0.6) is 0 Å². The molecule has 2 heteroatoms. The Morgan fingerprint density at radius 3 is 2.27 bits per heavy atom. The van der Waals surface area contributed by atoms with Crippen LogP contribution in [0.1, 0.15) is 44.1 Å². The molecule has 0 spiro atoms. The monoisotopic (exact) mass is 203 g/mol. The molecule has 3 saturated carbocycles. The Hall–Kier alpha value is -0.890. The first-order valence-corrected chi connectivity index (χ1v) is 5.86. The van der Waals surface area contributed by atoms with E-state index >= 15 is 0 Å². The smallest absolute Gasteiger partial charge is 0.0648 e. The summed E-state index contributed by atoms with van der Waals surface area (Å²) >= 11 is 0.